The fraction of sp³-hybridized carbons (Fsp3) is 0.556. The van der Waals surface area contributed by atoms with Gasteiger partial charge in [-0.3, -0.25) is 4.99 Å². The molecular formula is C18H29N5O. The van der Waals surface area contributed by atoms with E-state index in [1.165, 1.54) is 0 Å². The quantitative estimate of drug-likeness (QED) is 0.426. The predicted octanol–water partition coefficient (Wildman–Crippen LogP) is 2.78. The summed E-state index contributed by atoms with van der Waals surface area (Å²) in [6.07, 6.45) is 4.48. The van der Waals surface area contributed by atoms with E-state index in [2.05, 4.69) is 27.9 Å². The molecule has 0 aromatic heterocycles. The molecule has 1 aliphatic heterocycles. The summed E-state index contributed by atoms with van der Waals surface area (Å²) in [4.78, 5) is 18.2. The van der Waals surface area contributed by atoms with Gasteiger partial charge in [0.05, 0.1) is 0 Å². The number of amides is 2. The van der Waals surface area contributed by atoms with Gasteiger partial charge in [-0.15, -0.1) is 0 Å². The zero-order valence-corrected chi connectivity index (χ0v) is 14.8. The minimum atomic E-state index is -0.00495. The van der Waals surface area contributed by atoms with Gasteiger partial charge in [0.2, 0.25) is 0 Å². The minimum absolute atomic E-state index is 0.00495. The van der Waals surface area contributed by atoms with E-state index in [1.54, 1.807) is 7.05 Å². The lowest BCUT2D eigenvalue weighted by Crippen LogP contribution is -2.37. The van der Waals surface area contributed by atoms with Gasteiger partial charge in [0.15, 0.2) is 5.96 Å². The van der Waals surface area contributed by atoms with Gasteiger partial charge in [-0.2, -0.15) is 0 Å². The molecule has 0 bridgehead atoms. The Kier molecular flexibility index (Phi) is 7.39. The van der Waals surface area contributed by atoms with Crippen LogP contribution in [0.25, 0.3) is 0 Å². The molecule has 6 nitrogen and oxygen atoms in total. The molecule has 1 fully saturated rings. The van der Waals surface area contributed by atoms with Gasteiger partial charge in [0, 0.05) is 38.9 Å². The van der Waals surface area contributed by atoms with Crippen LogP contribution in [0.1, 0.15) is 38.2 Å². The summed E-state index contributed by atoms with van der Waals surface area (Å²) >= 11 is 0. The number of benzene rings is 1. The van der Waals surface area contributed by atoms with E-state index in [4.69, 9.17) is 0 Å². The summed E-state index contributed by atoms with van der Waals surface area (Å²) in [5.74, 6) is 0.801. The molecule has 2 amide bonds. The Bertz CT molecular complexity index is 552. The smallest absolute Gasteiger partial charge is 0.321 e. The van der Waals surface area contributed by atoms with Crippen molar-refractivity contribution in [2.24, 2.45) is 4.99 Å². The Labute approximate surface area is 144 Å². The molecular weight excluding hydrogens is 302 g/mol. The summed E-state index contributed by atoms with van der Waals surface area (Å²) in [6.45, 7) is 5.46. The summed E-state index contributed by atoms with van der Waals surface area (Å²) in [7, 11) is 1.77. The first kappa shape index (κ1) is 18.1. The van der Waals surface area contributed by atoms with E-state index >= 15 is 0 Å². The van der Waals surface area contributed by atoms with Gasteiger partial charge < -0.3 is 20.9 Å². The van der Waals surface area contributed by atoms with Crippen LogP contribution in [0.4, 0.5) is 10.5 Å². The van der Waals surface area contributed by atoms with Crippen molar-refractivity contribution in [1.29, 1.82) is 0 Å². The van der Waals surface area contributed by atoms with E-state index in [1.807, 2.05) is 29.2 Å². The van der Waals surface area contributed by atoms with Gasteiger partial charge in [-0.1, -0.05) is 25.5 Å². The molecule has 1 aromatic rings. The van der Waals surface area contributed by atoms with Gasteiger partial charge in [-0.25, -0.2) is 4.79 Å². The minimum Gasteiger partial charge on any atom is -0.356 e. The molecule has 2 rings (SSSR count). The first-order chi connectivity index (χ1) is 11.7. The van der Waals surface area contributed by atoms with Crippen LogP contribution < -0.4 is 16.0 Å². The number of nitrogens with zero attached hydrogens (tertiary/aromatic N) is 2. The summed E-state index contributed by atoms with van der Waals surface area (Å²) in [5.41, 5.74) is 1.94. The van der Waals surface area contributed by atoms with Crippen LogP contribution in [0.15, 0.2) is 29.3 Å². The van der Waals surface area contributed by atoms with Crippen LogP contribution in [0, 0.1) is 0 Å². The van der Waals surface area contributed by atoms with Crippen LogP contribution in [-0.2, 0) is 6.54 Å². The SMILES string of the molecule is CCCCNC(=NC)NCc1cccc(NC(=O)N2CCCC2)c1. The van der Waals surface area contributed by atoms with Crippen molar-refractivity contribution in [1.82, 2.24) is 15.5 Å². The number of aliphatic imine (C=N–C) groups is 1. The summed E-state index contributed by atoms with van der Waals surface area (Å²) in [6, 6.07) is 7.92. The Morgan fingerprint density at radius 2 is 2.04 bits per heavy atom. The molecule has 24 heavy (non-hydrogen) atoms. The molecule has 0 spiro atoms. The number of hydrogen-bond donors (Lipinski definition) is 3. The van der Waals surface area contributed by atoms with Crippen molar-refractivity contribution in [2.75, 3.05) is 32.0 Å². The lowest BCUT2D eigenvalue weighted by Gasteiger charge is -2.17. The second-order valence-corrected chi connectivity index (χ2v) is 6.03. The fourth-order valence-corrected chi connectivity index (χ4v) is 2.67. The molecule has 1 heterocycles. The van der Waals surface area contributed by atoms with E-state index < -0.39 is 0 Å². The molecule has 0 aliphatic carbocycles. The molecule has 1 saturated heterocycles. The standard InChI is InChI=1S/C18H29N5O/c1-3-4-10-20-17(19-2)21-14-15-8-7-9-16(13-15)22-18(24)23-11-5-6-12-23/h7-9,13H,3-6,10-12,14H2,1-2H3,(H,22,24)(H2,19,20,21). The number of urea groups is 1. The van der Waals surface area contributed by atoms with Crippen molar-refractivity contribution < 1.29 is 4.79 Å². The molecule has 0 radical (unpaired) electrons. The number of likely N-dealkylation sites (tertiary alicyclic amines) is 1. The Hall–Kier alpha value is -2.24. The summed E-state index contributed by atoms with van der Waals surface area (Å²) in [5, 5.41) is 9.56. The Morgan fingerprint density at radius 1 is 1.25 bits per heavy atom. The number of guanidine groups is 1. The van der Waals surface area contributed by atoms with Crippen molar-refractivity contribution in [3.63, 3.8) is 0 Å². The lowest BCUT2D eigenvalue weighted by molar-refractivity contribution is 0.222. The summed E-state index contributed by atoms with van der Waals surface area (Å²) < 4.78 is 0. The maximum atomic E-state index is 12.2. The maximum Gasteiger partial charge on any atom is 0.321 e. The number of anilines is 1. The first-order valence-corrected chi connectivity index (χ1v) is 8.82. The van der Waals surface area contributed by atoms with E-state index in [0.29, 0.717) is 6.54 Å². The van der Waals surface area contributed by atoms with Crippen LogP contribution in [0.2, 0.25) is 0 Å². The highest BCUT2D eigenvalue weighted by Crippen LogP contribution is 2.14. The topological polar surface area (TPSA) is 68.8 Å². The van der Waals surface area contributed by atoms with Gasteiger partial charge in [0.25, 0.3) is 0 Å². The number of hydrogen-bond acceptors (Lipinski definition) is 2. The van der Waals surface area contributed by atoms with Crippen LogP contribution in [0.5, 0.6) is 0 Å². The molecule has 3 N–H and O–H groups in total. The fourth-order valence-electron chi connectivity index (χ4n) is 2.67. The highest BCUT2D eigenvalue weighted by atomic mass is 16.2. The average molecular weight is 331 g/mol. The van der Waals surface area contributed by atoms with Gasteiger partial charge in [0.1, 0.15) is 0 Å². The van der Waals surface area contributed by atoms with E-state index in [0.717, 1.165) is 62.5 Å². The third-order valence-corrected chi connectivity index (χ3v) is 4.08. The van der Waals surface area contributed by atoms with Crippen molar-refractivity contribution >= 4 is 17.7 Å². The van der Waals surface area contributed by atoms with Crippen LogP contribution in [0.3, 0.4) is 0 Å². The molecule has 1 aliphatic rings. The Balaban J connectivity index is 1.84. The number of carbonyl (C=O) groups excluding carboxylic acids is 1. The molecule has 0 unspecified atom stereocenters. The maximum absolute atomic E-state index is 12.2. The zero-order chi connectivity index (χ0) is 17.2. The zero-order valence-electron chi connectivity index (χ0n) is 14.8. The van der Waals surface area contributed by atoms with Crippen LogP contribution >= 0.6 is 0 Å². The third-order valence-electron chi connectivity index (χ3n) is 4.08. The van der Waals surface area contributed by atoms with Crippen molar-refractivity contribution in [3.8, 4) is 0 Å². The van der Waals surface area contributed by atoms with Gasteiger partial charge >= 0.3 is 6.03 Å². The highest BCUT2D eigenvalue weighted by Gasteiger charge is 2.17. The second-order valence-electron chi connectivity index (χ2n) is 6.03. The van der Waals surface area contributed by atoms with Crippen LogP contribution in [-0.4, -0.2) is 43.6 Å². The molecule has 0 atom stereocenters. The average Bonchev–Trinajstić information content (AvgIpc) is 3.13. The molecule has 6 heteroatoms. The number of carbonyl (C=O) groups is 1. The van der Waals surface area contributed by atoms with Crippen molar-refractivity contribution in [3.05, 3.63) is 29.8 Å². The Morgan fingerprint density at radius 3 is 2.75 bits per heavy atom. The molecule has 1 aromatic carbocycles. The number of nitrogens with one attached hydrogen (secondary N) is 3. The van der Waals surface area contributed by atoms with E-state index in [9.17, 15) is 4.79 Å². The first-order valence-electron chi connectivity index (χ1n) is 8.82. The lowest BCUT2D eigenvalue weighted by atomic mass is 10.2. The van der Waals surface area contributed by atoms with Gasteiger partial charge in [-0.05, 0) is 37.0 Å². The number of unbranched alkanes of at least 4 members (excludes halogenated alkanes) is 1. The van der Waals surface area contributed by atoms with Crippen molar-refractivity contribution in [2.45, 2.75) is 39.2 Å². The normalized spacial score (nSPS) is 14.6. The third kappa shape index (κ3) is 5.76. The molecule has 132 valence electrons. The monoisotopic (exact) mass is 331 g/mol. The number of rotatable bonds is 6. The van der Waals surface area contributed by atoms with E-state index in [-0.39, 0.29) is 6.03 Å². The highest BCUT2D eigenvalue weighted by molar-refractivity contribution is 5.89. The predicted molar refractivity (Wildman–Crippen MR) is 99.4 cm³/mol. The molecule has 0 saturated carbocycles. The largest absolute Gasteiger partial charge is 0.356 e. The second kappa shape index (κ2) is 9.80.